The van der Waals surface area contributed by atoms with E-state index in [1.807, 2.05) is 0 Å². The van der Waals surface area contributed by atoms with Gasteiger partial charge in [0, 0.05) is 5.41 Å². The Bertz CT molecular complexity index is 473. The van der Waals surface area contributed by atoms with E-state index in [4.69, 9.17) is 4.52 Å². The van der Waals surface area contributed by atoms with Gasteiger partial charge in [0.1, 0.15) is 5.56 Å². The zero-order valence-electron chi connectivity index (χ0n) is 10.2. The summed E-state index contributed by atoms with van der Waals surface area (Å²) in [5.41, 5.74) is 0.767. The van der Waals surface area contributed by atoms with E-state index in [1.165, 1.54) is 25.5 Å². The summed E-state index contributed by atoms with van der Waals surface area (Å²) in [5.74, 6) is 2.26. The Kier molecular flexibility index (Phi) is 1.95. The van der Waals surface area contributed by atoms with Crippen molar-refractivity contribution in [1.82, 2.24) is 5.16 Å². The third kappa shape index (κ3) is 1.30. The van der Waals surface area contributed by atoms with Crippen molar-refractivity contribution in [3.05, 3.63) is 21.9 Å². The zero-order valence-corrected chi connectivity index (χ0v) is 10.2. The van der Waals surface area contributed by atoms with Crippen molar-refractivity contribution in [2.24, 2.45) is 17.8 Å². The van der Waals surface area contributed by atoms with Gasteiger partial charge in [0.05, 0.1) is 0 Å². The second-order valence-electron chi connectivity index (χ2n) is 6.51. The summed E-state index contributed by atoms with van der Waals surface area (Å²) in [6.45, 7) is 0. The smallest absolute Gasteiger partial charge is 0.358 e. The lowest BCUT2D eigenvalue weighted by Crippen LogP contribution is -2.48. The quantitative estimate of drug-likeness (QED) is 0.595. The van der Waals surface area contributed by atoms with Crippen molar-refractivity contribution >= 4 is 5.82 Å². The van der Waals surface area contributed by atoms with Crippen LogP contribution >= 0.6 is 0 Å². The molecule has 0 spiro atoms. The average Bonchev–Trinajstić information content (AvgIpc) is 2.76. The molecule has 5 rings (SSSR count). The maximum atomic E-state index is 11.1. The Labute approximate surface area is 105 Å². The number of rotatable bonds is 2. The lowest BCUT2D eigenvalue weighted by atomic mass is 9.48. The first-order chi connectivity index (χ1) is 8.66. The minimum absolute atomic E-state index is 0.00282. The van der Waals surface area contributed by atoms with Crippen LogP contribution in [0.5, 0.6) is 0 Å². The maximum Gasteiger partial charge on any atom is 0.417 e. The fourth-order valence-electron chi connectivity index (χ4n) is 5.17. The predicted molar refractivity (Wildman–Crippen MR) is 63.0 cm³/mol. The Morgan fingerprint density at radius 1 is 1.22 bits per heavy atom. The SMILES string of the molecule is O=[N+]([O-])c1nocc1C12CC3CC(CC(C3)C1)C2. The molecule has 4 aliphatic rings. The van der Waals surface area contributed by atoms with E-state index in [2.05, 4.69) is 5.16 Å². The summed E-state index contributed by atoms with van der Waals surface area (Å²) in [7, 11) is 0. The maximum absolute atomic E-state index is 11.1. The van der Waals surface area contributed by atoms with E-state index in [1.54, 1.807) is 0 Å². The largest absolute Gasteiger partial charge is 0.417 e. The first kappa shape index (κ1) is 10.5. The number of nitrogens with zero attached hydrogens (tertiary/aromatic N) is 2. The number of aromatic nitrogens is 1. The van der Waals surface area contributed by atoms with E-state index in [0.717, 1.165) is 42.6 Å². The Hall–Kier alpha value is -1.39. The molecule has 1 aromatic rings. The van der Waals surface area contributed by atoms with E-state index in [0.29, 0.717) is 0 Å². The van der Waals surface area contributed by atoms with Gasteiger partial charge in [-0.3, -0.25) is 4.52 Å². The van der Waals surface area contributed by atoms with Crippen LogP contribution in [0.1, 0.15) is 44.1 Å². The minimum atomic E-state index is -0.391. The molecule has 96 valence electrons. The molecule has 4 bridgehead atoms. The lowest BCUT2D eigenvalue weighted by Gasteiger charge is -2.56. The highest BCUT2D eigenvalue weighted by molar-refractivity contribution is 5.38. The topological polar surface area (TPSA) is 69.2 Å². The van der Waals surface area contributed by atoms with Gasteiger partial charge in [0.25, 0.3) is 0 Å². The minimum Gasteiger partial charge on any atom is -0.358 e. The normalized spacial score (nSPS) is 41.2. The van der Waals surface area contributed by atoms with Crippen LogP contribution in [-0.2, 0) is 5.41 Å². The third-order valence-electron chi connectivity index (χ3n) is 5.33. The van der Waals surface area contributed by atoms with Gasteiger partial charge >= 0.3 is 5.82 Å². The molecule has 4 fully saturated rings. The summed E-state index contributed by atoms with van der Waals surface area (Å²) < 4.78 is 4.90. The van der Waals surface area contributed by atoms with Crippen molar-refractivity contribution < 1.29 is 9.45 Å². The molecule has 1 aromatic heterocycles. The van der Waals surface area contributed by atoms with Crippen LogP contribution in [0.2, 0.25) is 0 Å². The molecular weight excluding hydrogens is 232 g/mol. The van der Waals surface area contributed by atoms with Gasteiger partial charge in [0.15, 0.2) is 11.4 Å². The van der Waals surface area contributed by atoms with Crippen molar-refractivity contribution in [2.75, 3.05) is 0 Å². The second-order valence-corrected chi connectivity index (χ2v) is 6.51. The van der Waals surface area contributed by atoms with E-state index < -0.39 is 4.92 Å². The van der Waals surface area contributed by atoms with Crippen LogP contribution < -0.4 is 0 Å². The van der Waals surface area contributed by atoms with Crippen LogP contribution in [0.4, 0.5) is 5.82 Å². The molecule has 18 heavy (non-hydrogen) atoms. The highest BCUT2D eigenvalue weighted by Crippen LogP contribution is 2.61. The summed E-state index contributed by atoms with van der Waals surface area (Å²) in [6, 6.07) is 0. The highest BCUT2D eigenvalue weighted by atomic mass is 16.6. The monoisotopic (exact) mass is 248 g/mol. The molecule has 0 atom stereocenters. The average molecular weight is 248 g/mol. The van der Waals surface area contributed by atoms with Crippen molar-refractivity contribution in [1.29, 1.82) is 0 Å². The van der Waals surface area contributed by atoms with Crippen molar-refractivity contribution in [3.63, 3.8) is 0 Å². The van der Waals surface area contributed by atoms with Crippen LogP contribution in [0.15, 0.2) is 10.8 Å². The van der Waals surface area contributed by atoms with Gasteiger partial charge in [-0.2, -0.15) is 0 Å². The molecule has 0 unspecified atom stereocenters. The summed E-state index contributed by atoms with van der Waals surface area (Å²) >= 11 is 0. The summed E-state index contributed by atoms with van der Waals surface area (Å²) in [6.07, 6.45) is 8.82. The van der Waals surface area contributed by atoms with Gasteiger partial charge in [0.2, 0.25) is 0 Å². The van der Waals surface area contributed by atoms with Gasteiger partial charge in [-0.05, 0) is 61.2 Å². The van der Waals surface area contributed by atoms with Crippen LogP contribution in [0.25, 0.3) is 0 Å². The fraction of sp³-hybridized carbons (Fsp3) is 0.769. The molecule has 5 heteroatoms. The molecule has 5 nitrogen and oxygen atoms in total. The van der Waals surface area contributed by atoms with E-state index in [-0.39, 0.29) is 11.2 Å². The highest BCUT2D eigenvalue weighted by Gasteiger charge is 2.54. The number of nitro groups is 1. The van der Waals surface area contributed by atoms with E-state index in [9.17, 15) is 10.1 Å². The lowest BCUT2D eigenvalue weighted by molar-refractivity contribution is -0.392. The Morgan fingerprint density at radius 3 is 2.28 bits per heavy atom. The molecular formula is C13H16N2O3. The molecule has 4 aliphatic carbocycles. The number of hydrogen-bond donors (Lipinski definition) is 0. The second kappa shape index (κ2) is 3.33. The first-order valence-electron chi connectivity index (χ1n) is 6.75. The molecule has 0 aliphatic heterocycles. The van der Waals surface area contributed by atoms with Crippen LogP contribution in [0, 0.1) is 27.9 Å². The Morgan fingerprint density at radius 2 is 1.78 bits per heavy atom. The molecule has 0 amide bonds. The van der Waals surface area contributed by atoms with Crippen molar-refractivity contribution in [2.45, 2.75) is 43.9 Å². The molecule has 4 saturated carbocycles. The molecule has 0 saturated heterocycles. The van der Waals surface area contributed by atoms with Crippen molar-refractivity contribution in [3.8, 4) is 0 Å². The fourth-order valence-corrected chi connectivity index (χ4v) is 5.17. The molecule has 1 heterocycles. The Balaban J connectivity index is 1.79. The van der Waals surface area contributed by atoms with Gasteiger partial charge < -0.3 is 10.1 Å². The summed E-state index contributed by atoms with van der Waals surface area (Å²) in [4.78, 5) is 10.7. The number of hydrogen-bond acceptors (Lipinski definition) is 4. The first-order valence-corrected chi connectivity index (χ1v) is 6.75. The van der Waals surface area contributed by atoms with Gasteiger partial charge in [-0.1, -0.05) is 0 Å². The standard InChI is InChI=1S/C13H16N2O3/c16-15(17)12-11(7-18-14-12)13-4-8-1-9(5-13)3-10(2-8)6-13/h7-10H,1-6H2. The molecule has 0 aromatic carbocycles. The predicted octanol–water partition coefficient (Wildman–Crippen LogP) is 3.05. The summed E-state index contributed by atoms with van der Waals surface area (Å²) in [5, 5.41) is 14.7. The molecule has 0 radical (unpaired) electrons. The zero-order chi connectivity index (χ0) is 12.3. The van der Waals surface area contributed by atoms with Gasteiger partial charge in [-0.15, -0.1) is 0 Å². The molecule has 0 N–H and O–H groups in total. The van der Waals surface area contributed by atoms with E-state index >= 15 is 0 Å². The third-order valence-corrected chi connectivity index (χ3v) is 5.33. The van der Waals surface area contributed by atoms with Crippen LogP contribution in [-0.4, -0.2) is 10.1 Å². The van der Waals surface area contributed by atoms with Crippen LogP contribution in [0.3, 0.4) is 0 Å². The van der Waals surface area contributed by atoms with Gasteiger partial charge in [-0.25, -0.2) is 0 Å².